The zero-order chi connectivity index (χ0) is 26.5. The second-order valence-corrected chi connectivity index (χ2v) is 10.9. The lowest BCUT2D eigenvalue weighted by Gasteiger charge is -2.36. The van der Waals surface area contributed by atoms with Crippen molar-refractivity contribution in [3.63, 3.8) is 0 Å². The van der Waals surface area contributed by atoms with Crippen LogP contribution >= 0.6 is 23.4 Å². The predicted octanol–water partition coefficient (Wildman–Crippen LogP) is 4.15. The number of hydrogen-bond acceptors (Lipinski definition) is 8. The van der Waals surface area contributed by atoms with Gasteiger partial charge in [-0.05, 0) is 49.0 Å². The van der Waals surface area contributed by atoms with Gasteiger partial charge in [0.15, 0.2) is 5.16 Å². The molecule has 200 valence electrons. The number of benzene rings is 2. The summed E-state index contributed by atoms with van der Waals surface area (Å²) in [5.74, 6) is 2.51. The third kappa shape index (κ3) is 6.51. The third-order valence-electron chi connectivity index (χ3n) is 7.06. The quantitative estimate of drug-likeness (QED) is 0.246. The Labute approximate surface area is 233 Å². The Morgan fingerprint density at radius 1 is 0.895 bits per heavy atom. The van der Waals surface area contributed by atoms with Gasteiger partial charge in [-0.2, -0.15) is 0 Å². The summed E-state index contributed by atoms with van der Waals surface area (Å²) in [6.45, 7) is 6.89. The maximum atomic E-state index is 13.1. The molecule has 8 nitrogen and oxygen atoms in total. The predicted molar refractivity (Wildman–Crippen MR) is 154 cm³/mol. The molecule has 2 aliphatic heterocycles. The molecule has 1 amide bonds. The summed E-state index contributed by atoms with van der Waals surface area (Å²) in [5, 5.41) is 1.13. The summed E-state index contributed by atoms with van der Waals surface area (Å²) in [6, 6.07) is 17.8. The first-order valence-corrected chi connectivity index (χ1v) is 14.2. The van der Waals surface area contributed by atoms with Crippen LogP contribution < -0.4 is 14.5 Å². The van der Waals surface area contributed by atoms with Crippen molar-refractivity contribution >= 4 is 40.8 Å². The van der Waals surface area contributed by atoms with E-state index < -0.39 is 0 Å². The lowest BCUT2D eigenvalue weighted by Crippen LogP contribution is -2.48. The van der Waals surface area contributed by atoms with E-state index in [1.807, 2.05) is 47.4 Å². The van der Waals surface area contributed by atoms with Crippen molar-refractivity contribution in [2.24, 2.45) is 0 Å². The van der Waals surface area contributed by atoms with Gasteiger partial charge in [0.05, 0.1) is 7.11 Å². The first kappa shape index (κ1) is 26.6. The van der Waals surface area contributed by atoms with Crippen molar-refractivity contribution < 1.29 is 9.53 Å². The van der Waals surface area contributed by atoms with Crippen LogP contribution in [0, 0.1) is 0 Å². The molecule has 0 atom stereocenters. The van der Waals surface area contributed by atoms with Gasteiger partial charge >= 0.3 is 0 Å². The van der Waals surface area contributed by atoms with Crippen LogP contribution in [-0.4, -0.2) is 92.2 Å². The summed E-state index contributed by atoms with van der Waals surface area (Å²) >= 11 is 7.87. The second-order valence-electron chi connectivity index (χ2n) is 9.58. The number of aromatic nitrogens is 2. The van der Waals surface area contributed by atoms with E-state index in [2.05, 4.69) is 38.9 Å². The Hall–Kier alpha value is -3.01. The van der Waals surface area contributed by atoms with Crippen LogP contribution in [0.4, 0.5) is 11.5 Å². The molecule has 0 radical (unpaired) electrons. The van der Waals surface area contributed by atoms with Gasteiger partial charge in [-0.1, -0.05) is 35.5 Å². The molecule has 0 spiro atoms. The molecule has 2 fully saturated rings. The van der Waals surface area contributed by atoms with Crippen LogP contribution in [-0.2, 0) is 5.75 Å². The van der Waals surface area contributed by atoms with E-state index in [9.17, 15) is 4.79 Å². The zero-order valence-electron chi connectivity index (χ0n) is 21.8. The molecule has 0 saturated carbocycles. The number of likely N-dealkylation sites (N-methyl/N-ethyl adjacent to an activating group) is 1. The van der Waals surface area contributed by atoms with Crippen molar-refractivity contribution in [1.82, 2.24) is 19.8 Å². The van der Waals surface area contributed by atoms with Gasteiger partial charge in [0.25, 0.3) is 5.91 Å². The molecule has 3 aromatic rings. The van der Waals surface area contributed by atoms with Gasteiger partial charge in [-0.25, -0.2) is 9.97 Å². The average molecular weight is 553 g/mol. The van der Waals surface area contributed by atoms with Gasteiger partial charge in [-0.3, -0.25) is 4.79 Å². The van der Waals surface area contributed by atoms with Gasteiger partial charge in [0, 0.05) is 75.4 Å². The van der Waals surface area contributed by atoms with Crippen molar-refractivity contribution in [2.45, 2.75) is 10.9 Å². The van der Waals surface area contributed by atoms with Gasteiger partial charge in [0.2, 0.25) is 0 Å². The number of halogens is 1. The Morgan fingerprint density at radius 2 is 1.55 bits per heavy atom. The van der Waals surface area contributed by atoms with Crippen LogP contribution in [0.25, 0.3) is 0 Å². The third-order valence-corrected chi connectivity index (χ3v) is 8.17. The number of methoxy groups -OCH3 is 1. The summed E-state index contributed by atoms with van der Waals surface area (Å²) in [5.41, 5.74) is 2.98. The van der Waals surface area contributed by atoms with Crippen LogP contribution in [0.3, 0.4) is 0 Å². The van der Waals surface area contributed by atoms with E-state index in [1.165, 1.54) is 0 Å². The highest BCUT2D eigenvalue weighted by Gasteiger charge is 2.22. The molecule has 3 heterocycles. The maximum absolute atomic E-state index is 13.1. The van der Waals surface area contributed by atoms with Crippen LogP contribution in [0.15, 0.2) is 59.8 Å². The normalized spacial score (nSPS) is 16.6. The molecule has 5 rings (SSSR count). The molecule has 2 aromatic carbocycles. The van der Waals surface area contributed by atoms with E-state index >= 15 is 0 Å². The number of carbonyl (C=O) groups excluding carboxylic acids is 1. The largest absolute Gasteiger partial charge is 0.497 e. The molecule has 0 unspecified atom stereocenters. The lowest BCUT2D eigenvalue weighted by atomic mass is 10.1. The lowest BCUT2D eigenvalue weighted by molar-refractivity contribution is 0.0747. The van der Waals surface area contributed by atoms with Crippen molar-refractivity contribution in [2.75, 3.05) is 76.3 Å². The van der Waals surface area contributed by atoms with E-state index in [-0.39, 0.29) is 5.91 Å². The van der Waals surface area contributed by atoms with Gasteiger partial charge in [-0.15, -0.1) is 0 Å². The SMILES string of the molecule is COc1ccc(N2CCN(C(=O)c3ccc(CSc4nc(Cl)cc(N5CCN(C)CC5)n4)cc3)CC2)cc1. The van der Waals surface area contributed by atoms with Gasteiger partial charge in [0.1, 0.15) is 16.7 Å². The monoisotopic (exact) mass is 552 g/mol. The Morgan fingerprint density at radius 3 is 2.21 bits per heavy atom. The number of hydrogen-bond donors (Lipinski definition) is 0. The first-order chi connectivity index (χ1) is 18.5. The fraction of sp³-hybridized carbons (Fsp3) is 0.393. The van der Waals surface area contributed by atoms with E-state index in [4.69, 9.17) is 21.3 Å². The Balaban J connectivity index is 1.14. The minimum atomic E-state index is 0.0774. The number of nitrogens with zero attached hydrogens (tertiary/aromatic N) is 6. The summed E-state index contributed by atoms with van der Waals surface area (Å²) in [4.78, 5) is 31.1. The van der Waals surface area contributed by atoms with Crippen LogP contribution in [0.1, 0.15) is 15.9 Å². The Bertz CT molecular complexity index is 1230. The van der Waals surface area contributed by atoms with E-state index in [0.717, 1.165) is 62.1 Å². The highest BCUT2D eigenvalue weighted by molar-refractivity contribution is 7.98. The van der Waals surface area contributed by atoms with Gasteiger partial charge < -0.3 is 24.3 Å². The number of amides is 1. The number of piperazine rings is 2. The molecule has 10 heteroatoms. The number of rotatable bonds is 7. The second kappa shape index (κ2) is 12.2. The van der Waals surface area contributed by atoms with Crippen molar-refractivity contribution in [3.8, 4) is 5.75 Å². The van der Waals surface area contributed by atoms with Crippen molar-refractivity contribution in [3.05, 3.63) is 70.9 Å². The maximum Gasteiger partial charge on any atom is 0.253 e. The smallest absolute Gasteiger partial charge is 0.253 e. The standard InChI is InChI=1S/C28H33ClN6O2S/c1-32-11-13-34(14-12-32)26-19-25(29)30-28(31-26)38-20-21-3-5-22(6-4-21)27(36)35-17-15-33(16-18-35)23-7-9-24(37-2)10-8-23/h3-10,19H,11-18,20H2,1-2H3. The molecule has 38 heavy (non-hydrogen) atoms. The summed E-state index contributed by atoms with van der Waals surface area (Å²) in [6.07, 6.45) is 0. The minimum Gasteiger partial charge on any atom is -0.497 e. The molecular weight excluding hydrogens is 520 g/mol. The highest BCUT2D eigenvalue weighted by atomic mass is 35.5. The number of ether oxygens (including phenoxy) is 1. The summed E-state index contributed by atoms with van der Waals surface area (Å²) < 4.78 is 5.25. The molecule has 0 N–H and O–H groups in total. The minimum absolute atomic E-state index is 0.0774. The molecule has 2 aliphatic rings. The van der Waals surface area contributed by atoms with Crippen molar-refractivity contribution in [1.29, 1.82) is 0 Å². The van der Waals surface area contributed by atoms with Crippen LogP contribution in [0.2, 0.25) is 5.15 Å². The number of anilines is 2. The number of carbonyl (C=O) groups is 1. The molecule has 0 bridgehead atoms. The molecule has 0 aliphatic carbocycles. The summed E-state index contributed by atoms with van der Waals surface area (Å²) in [7, 11) is 3.80. The Kier molecular flexibility index (Phi) is 8.56. The highest BCUT2D eigenvalue weighted by Crippen LogP contribution is 2.26. The van der Waals surface area contributed by atoms with E-state index in [1.54, 1.807) is 18.9 Å². The number of thioether (sulfide) groups is 1. The topological polar surface area (TPSA) is 65.0 Å². The average Bonchev–Trinajstić information content (AvgIpc) is 2.96. The molecule has 2 saturated heterocycles. The molecular formula is C28H33ClN6O2S. The van der Waals surface area contributed by atoms with Crippen LogP contribution in [0.5, 0.6) is 5.75 Å². The fourth-order valence-corrected chi connectivity index (χ4v) is 5.72. The molecule has 1 aromatic heterocycles. The zero-order valence-corrected chi connectivity index (χ0v) is 23.4. The first-order valence-electron chi connectivity index (χ1n) is 12.9. The van der Waals surface area contributed by atoms with E-state index in [0.29, 0.717) is 34.7 Å². The fourth-order valence-electron chi connectivity index (χ4n) is 4.68.